The van der Waals surface area contributed by atoms with Gasteiger partial charge in [0.05, 0.1) is 4.92 Å². The first kappa shape index (κ1) is 16.7. The van der Waals surface area contributed by atoms with Gasteiger partial charge in [-0.15, -0.1) is 0 Å². The van der Waals surface area contributed by atoms with Gasteiger partial charge in [-0.25, -0.2) is 4.79 Å². The van der Waals surface area contributed by atoms with Crippen LogP contribution in [0.15, 0.2) is 40.8 Å². The summed E-state index contributed by atoms with van der Waals surface area (Å²) in [6.07, 6.45) is 0.979. The maximum atomic E-state index is 12.1. The lowest BCUT2D eigenvalue weighted by atomic mass is 10.1. The van der Waals surface area contributed by atoms with Gasteiger partial charge in [0.25, 0.3) is 11.6 Å². The number of carbonyl (C=O) groups excluding carboxylic acids is 2. The van der Waals surface area contributed by atoms with Crippen LogP contribution in [0.5, 0.6) is 0 Å². The number of non-ortho nitro benzene ring substituents is 1. The number of nitro benzene ring substituents is 1. The molecule has 1 aromatic carbocycles. The molecule has 1 N–H and O–H groups in total. The van der Waals surface area contributed by atoms with Crippen LogP contribution in [0.1, 0.15) is 30.3 Å². The van der Waals surface area contributed by atoms with Gasteiger partial charge in [0.2, 0.25) is 5.76 Å². The van der Waals surface area contributed by atoms with Crippen LogP contribution in [-0.2, 0) is 9.53 Å². The predicted octanol–water partition coefficient (Wildman–Crippen LogP) is 2.68. The minimum Gasteiger partial charge on any atom is -0.449 e. The summed E-state index contributed by atoms with van der Waals surface area (Å²) in [7, 11) is 0. The van der Waals surface area contributed by atoms with E-state index in [1.54, 1.807) is 6.07 Å². The van der Waals surface area contributed by atoms with Crippen molar-refractivity contribution >= 4 is 17.6 Å². The van der Waals surface area contributed by atoms with E-state index < -0.39 is 17.0 Å². The zero-order chi connectivity index (χ0) is 18.0. The Balaban J connectivity index is 1.64. The van der Waals surface area contributed by atoms with Gasteiger partial charge in [-0.2, -0.15) is 0 Å². The molecule has 0 bridgehead atoms. The number of furan rings is 1. The zero-order valence-electron chi connectivity index (χ0n) is 13.4. The quantitative estimate of drug-likeness (QED) is 0.490. The molecule has 1 aliphatic carbocycles. The van der Waals surface area contributed by atoms with Crippen LogP contribution >= 0.6 is 0 Å². The number of benzene rings is 1. The summed E-state index contributed by atoms with van der Waals surface area (Å²) >= 11 is 0. The van der Waals surface area contributed by atoms with Crippen LogP contribution in [0, 0.1) is 10.1 Å². The largest absolute Gasteiger partial charge is 0.449 e. The molecule has 1 atom stereocenters. The van der Waals surface area contributed by atoms with Crippen molar-refractivity contribution in [3.05, 3.63) is 52.3 Å². The number of carbonyl (C=O) groups is 2. The molecular weight excluding hydrogens is 328 g/mol. The van der Waals surface area contributed by atoms with Crippen molar-refractivity contribution in [2.45, 2.75) is 31.9 Å². The van der Waals surface area contributed by atoms with Gasteiger partial charge < -0.3 is 14.5 Å². The highest BCUT2D eigenvalue weighted by Crippen LogP contribution is 2.25. The SMILES string of the molecule is C[C@H](OC(=O)c1ccc(-c2ccc([N+](=O)[O-])cc2)o1)C(=O)NC1CC1. The van der Waals surface area contributed by atoms with Crippen molar-refractivity contribution in [1.29, 1.82) is 0 Å². The molecule has 0 unspecified atom stereocenters. The molecule has 0 saturated heterocycles. The summed E-state index contributed by atoms with van der Waals surface area (Å²) in [5.74, 6) is -0.749. The van der Waals surface area contributed by atoms with Crippen LogP contribution in [-0.4, -0.2) is 28.9 Å². The van der Waals surface area contributed by atoms with Crippen molar-refractivity contribution in [1.82, 2.24) is 5.32 Å². The molecule has 1 amide bonds. The van der Waals surface area contributed by atoms with Crippen LogP contribution in [0.4, 0.5) is 5.69 Å². The molecular formula is C17H16N2O6. The lowest BCUT2D eigenvalue weighted by Gasteiger charge is -2.12. The maximum Gasteiger partial charge on any atom is 0.375 e. The summed E-state index contributed by atoms with van der Waals surface area (Å²) in [6.45, 7) is 1.50. The standard InChI is InChI=1S/C17H16N2O6/c1-10(16(20)18-12-4-5-12)24-17(21)15-9-8-14(25-15)11-2-6-13(7-3-11)19(22)23/h2-3,6-10,12H,4-5H2,1H3,(H,18,20)/t10-/m0/s1. The van der Waals surface area contributed by atoms with Crippen LogP contribution in [0.3, 0.4) is 0 Å². The Labute approximate surface area is 142 Å². The molecule has 2 aromatic rings. The van der Waals surface area contributed by atoms with E-state index in [4.69, 9.17) is 9.15 Å². The van der Waals surface area contributed by atoms with E-state index in [2.05, 4.69) is 5.32 Å². The smallest absolute Gasteiger partial charge is 0.375 e. The normalized spacial score (nSPS) is 14.6. The van der Waals surface area contributed by atoms with Gasteiger partial charge in [0, 0.05) is 23.7 Å². The first-order valence-electron chi connectivity index (χ1n) is 7.80. The second-order valence-electron chi connectivity index (χ2n) is 5.80. The molecule has 0 aliphatic heterocycles. The number of nitro groups is 1. The number of rotatable bonds is 6. The third-order valence-corrected chi connectivity index (χ3v) is 3.75. The fraction of sp³-hybridized carbons (Fsp3) is 0.294. The monoisotopic (exact) mass is 344 g/mol. The fourth-order valence-electron chi connectivity index (χ4n) is 2.17. The van der Waals surface area contributed by atoms with Crippen molar-refractivity contribution in [2.75, 3.05) is 0 Å². The van der Waals surface area contributed by atoms with Crippen molar-refractivity contribution in [3.8, 4) is 11.3 Å². The summed E-state index contributed by atoms with van der Waals surface area (Å²) in [6, 6.07) is 8.93. The third-order valence-electron chi connectivity index (χ3n) is 3.75. The van der Waals surface area contributed by atoms with E-state index >= 15 is 0 Å². The van der Waals surface area contributed by atoms with E-state index in [1.807, 2.05) is 0 Å². The Morgan fingerprint density at radius 1 is 1.24 bits per heavy atom. The molecule has 0 radical (unpaired) electrons. The molecule has 1 aromatic heterocycles. The molecule has 3 rings (SSSR count). The summed E-state index contributed by atoms with van der Waals surface area (Å²) in [4.78, 5) is 34.0. The van der Waals surface area contributed by atoms with E-state index in [-0.39, 0.29) is 23.4 Å². The van der Waals surface area contributed by atoms with Crippen LogP contribution < -0.4 is 5.32 Å². The molecule has 25 heavy (non-hydrogen) atoms. The summed E-state index contributed by atoms with van der Waals surface area (Å²) < 4.78 is 10.5. The third kappa shape index (κ3) is 4.03. The Morgan fingerprint density at radius 3 is 2.52 bits per heavy atom. The molecule has 1 heterocycles. The maximum absolute atomic E-state index is 12.1. The van der Waals surface area contributed by atoms with Crippen LogP contribution in [0.2, 0.25) is 0 Å². The minimum absolute atomic E-state index is 0.0366. The van der Waals surface area contributed by atoms with E-state index in [9.17, 15) is 19.7 Å². The second-order valence-corrected chi connectivity index (χ2v) is 5.80. The zero-order valence-corrected chi connectivity index (χ0v) is 13.4. The summed E-state index contributed by atoms with van der Waals surface area (Å²) in [5.41, 5.74) is 0.551. The van der Waals surface area contributed by atoms with Gasteiger partial charge in [0.15, 0.2) is 6.10 Å². The highest BCUT2D eigenvalue weighted by Gasteiger charge is 2.28. The molecule has 8 heteroatoms. The fourth-order valence-corrected chi connectivity index (χ4v) is 2.17. The number of nitrogens with zero attached hydrogens (tertiary/aromatic N) is 1. The molecule has 1 fully saturated rings. The molecule has 1 aliphatic rings. The first-order valence-corrected chi connectivity index (χ1v) is 7.80. The Hall–Kier alpha value is -3.16. The van der Waals surface area contributed by atoms with Gasteiger partial charge in [0.1, 0.15) is 5.76 Å². The second kappa shape index (κ2) is 6.76. The Kier molecular flexibility index (Phi) is 4.51. The number of amides is 1. The number of nitrogens with one attached hydrogen (secondary N) is 1. The van der Waals surface area contributed by atoms with Gasteiger partial charge in [-0.1, -0.05) is 0 Å². The molecule has 1 saturated carbocycles. The number of esters is 1. The average Bonchev–Trinajstić information content (AvgIpc) is 3.26. The van der Waals surface area contributed by atoms with Gasteiger partial charge >= 0.3 is 5.97 Å². The number of hydrogen-bond donors (Lipinski definition) is 1. The lowest BCUT2D eigenvalue weighted by molar-refractivity contribution is -0.384. The predicted molar refractivity (Wildman–Crippen MR) is 86.8 cm³/mol. The highest BCUT2D eigenvalue weighted by atomic mass is 16.6. The van der Waals surface area contributed by atoms with E-state index in [0.29, 0.717) is 11.3 Å². The van der Waals surface area contributed by atoms with Crippen LogP contribution in [0.25, 0.3) is 11.3 Å². The number of ether oxygens (including phenoxy) is 1. The van der Waals surface area contributed by atoms with Crippen molar-refractivity contribution in [3.63, 3.8) is 0 Å². The van der Waals surface area contributed by atoms with E-state index in [1.165, 1.54) is 37.3 Å². The first-order chi connectivity index (χ1) is 11.9. The lowest BCUT2D eigenvalue weighted by Crippen LogP contribution is -2.37. The topological polar surface area (TPSA) is 112 Å². The minimum atomic E-state index is -0.916. The number of hydrogen-bond acceptors (Lipinski definition) is 6. The summed E-state index contributed by atoms with van der Waals surface area (Å²) in [5, 5.41) is 13.4. The van der Waals surface area contributed by atoms with Crippen molar-refractivity contribution in [2.24, 2.45) is 0 Å². The highest BCUT2D eigenvalue weighted by molar-refractivity contribution is 5.90. The Bertz CT molecular complexity index is 807. The van der Waals surface area contributed by atoms with Gasteiger partial charge in [-0.05, 0) is 44.0 Å². The molecule has 8 nitrogen and oxygen atoms in total. The van der Waals surface area contributed by atoms with Crippen molar-refractivity contribution < 1.29 is 23.7 Å². The molecule has 130 valence electrons. The van der Waals surface area contributed by atoms with Gasteiger partial charge in [-0.3, -0.25) is 14.9 Å². The average molecular weight is 344 g/mol. The van der Waals surface area contributed by atoms with E-state index in [0.717, 1.165) is 12.8 Å². The Morgan fingerprint density at radius 2 is 1.92 bits per heavy atom. The molecule has 0 spiro atoms.